The zero-order valence-corrected chi connectivity index (χ0v) is 17.9. The first-order chi connectivity index (χ1) is 13.9. The molecular weight excluding hydrogens is 358 g/mol. The molecular formula is C24H31N5. The molecule has 1 aliphatic carbocycles. The molecule has 1 aromatic carbocycles. The van der Waals surface area contributed by atoms with Crippen molar-refractivity contribution in [3.8, 4) is 11.3 Å². The van der Waals surface area contributed by atoms with E-state index in [4.69, 9.17) is 0 Å². The summed E-state index contributed by atoms with van der Waals surface area (Å²) in [4.78, 5) is 5.99. The molecule has 29 heavy (non-hydrogen) atoms. The maximum absolute atomic E-state index is 4.48. The summed E-state index contributed by atoms with van der Waals surface area (Å²) >= 11 is 0. The van der Waals surface area contributed by atoms with Gasteiger partial charge < -0.3 is 15.2 Å². The van der Waals surface area contributed by atoms with Gasteiger partial charge in [0.15, 0.2) is 0 Å². The number of piperidine rings is 1. The van der Waals surface area contributed by atoms with Gasteiger partial charge in [0.1, 0.15) is 5.82 Å². The standard InChI is InChI=1S/C24H31N5/c1-15-11-17-12-16(5-6-20(17)25-15)21-7-8-22(28-27-21)26-23-18-13-29(14-19(18)23)10-9-24(2,3)4/h5-8,11-12,18-19,23,25H,9-10,13-14H2,1-4H3,(H,26,28)/t18-,19+,23?. The maximum atomic E-state index is 4.48. The molecule has 5 rings (SSSR count). The van der Waals surface area contributed by atoms with Gasteiger partial charge in [-0.05, 0) is 67.5 Å². The van der Waals surface area contributed by atoms with Crippen molar-refractivity contribution >= 4 is 16.7 Å². The number of hydrogen-bond acceptors (Lipinski definition) is 4. The molecule has 2 aromatic heterocycles. The predicted molar refractivity (Wildman–Crippen MR) is 119 cm³/mol. The van der Waals surface area contributed by atoms with Crippen molar-refractivity contribution in [2.24, 2.45) is 17.3 Å². The van der Waals surface area contributed by atoms with Gasteiger partial charge in [0.25, 0.3) is 0 Å². The van der Waals surface area contributed by atoms with Crippen molar-refractivity contribution in [3.05, 3.63) is 42.1 Å². The number of anilines is 1. The van der Waals surface area contributed by atoms with Gasteiger partial charge in [-0.15, -0.1) is 10.2 Å². The second-order valence-electron chi connectivity index (χ2n) is 10.1. The molecule has 5 nitrogen and oxygen atoms in total. The number of nitrogens with one attached hydrogen (secondary N) is 2. The van der Waals surface area contributed by atoms with Crippen LogP contribution in [0.2, 0.25) is 0 Å². The van der Waals surface area contributed by atoms with Gasteiger partial charge in [-0.25, -0.2) is 0 Å². The molecule has 3 aromatic rings. The first-order valence-electron chi connectivity index (χ1n) is 10.8. The highest BCUT2D eigenvalue weighted by Gasteiger charge is 2.55. The fourth-order valence-electron chi connectivity index (χ4n) is 4.67. The molecule has 1 saturated carbocycles. The SMILES string of the molecule is Cc1cc2cc(-c3ccc(NC4[C@H]5CN(CCC(C)(C)C)C[C@@H]45)nn3)ccc2[nH]1. The highest BCUT2D eigenvalue weighted by Crippen LogP contribution is 2.47. The molecule has 2 fully saturated rings. The normalized spacial score (nSPS) is 24.1. The predicted octanol–water partition coefficient (Wildman–Crippen LogP) is 4.71. The number of aryl methyl sites for hydroxylation is 1. The Balaban J connectivity index is 1.18. The molecule has 1 saturated heterocycles. The van der Waals surface area contributed by atoms with Crippen molar-refractivity contribution in [1.29, 1.82) is 0 Å². The molecule has 1 aliphatic heterocycles. The minimum Gasteiger partial charge on any atom is -0.365 e. The van der Waals surface area contributed by atoms with Crippen molar-refractivity contribution in [1.82, 2.24) is 20.1 Å². The summed E-state index contributed by atoms with van der Waals surface area (Å²) in [7, 11) is 0. The van der Waals surface area contributed by atoms with Crippen LogP contribution in [0.25, 0.3) is 22.2 Å². The van der Waals surface area contributed by atoms with Crippen molar-refractivity contribution in [3.63, 3.8) is 0 Å². The first kappa shape index (κ1) is 18.6. The number of nitrogens with zero attached hydrogens (tertiary/aromatic N) is 3. The number of aromatic nitrogens is 3. The molecule has 3 atom stereocenters. The van der Waals surface area contributed by atoms with Crippen LogP contribution in [0.1, 0.15) is 32.9 Å². The third-order valence-electron chi connectivity index (χ3n) is 6.48. The van der Waals surface area contributed by atoms with Crippen LogP contribution in [0.3, 0.4) is 0 Å². The quantitative estimate of drug-likeness (QED) is 0.663. The lowest BCUT2D eigenvalue weighted by atomic mass is 9.92. The van der Waals surface area contributed by atoms with Gasteiger partial charge in [0.2, 0.25) is 0 Å². The van der Waals surface area contributed by atoms with Gasteiger partial charge in [-0.2, -0.15) is 0 Å². The van der Waals surface area contributed by atoms with E-state index in [2.05, 4.69) is 89.5 Å². The van der Waals surface area contributed by atoms with E-state index in [0.29, 0.717) is 11.5 Å². The largest absolute Gasteiger partial charge is 0.365 e. The Hall–Kier alpha value is -2.40. The molecule has 152 valence electrons. The van der Waals surface area contributed by atoms with E-state index in [9.17, 15) is 0 Å². The summed E-state index contributed by atoms with van der Waals surface area (Å²) in [6, 6.07) is 13.3. The van der Waals surface area contributed by atoms with E-state index in [1.807, 2.05) is 0 Å². The fourth-order valence-corrected chi connectivity index (χ4v) is 4.67. The molecule has 0 radical (unpaired) electrons. The third kappa shape index (κ3) is 3.88. The molecule has 3 heterocycles. The van der Waals surface area contributed by atoms with Gasteiger partial charge in [-0.1, -0.05) is 26.8 Å². The van der Waals surface area contributed by atoms with Crippen LogP contribution in [-0.4, -0.2) is 45.8 Å². The Morgan fingerprint density at radius 1 is 1.07 bits per heavy atom. The van der Waals surface area contributed by atoms with E-state index in [0.717, 1.165) is 34.4 Å². The van der Waals surface area contributed by atoms with Crippen LogP contribution < -0.4 is 5.32 Å². The Morgan fingerprint density at radius 2 is 1.86 bits per heavy atom. The number of rotatable bonds is 5. The minimum absolute atomic E-state index is 0.423. The summed E-state index contributed by atoms with van der Waals surface area (Å²) in [5, 5.41) is 13.8. The van der Waals surface area contributed by atoms with Gasteiger partial charge in [-0.3, -0.25) is 0 Å². The number of aromatic amines is 1. The Morgan fingerprint density at radius 3 is 2.55 bits per heavy atom. The van der Waals surface area contributed by atoms with Crippen molar-refractivity contribution in [2.45, 2.75) is 40.2 Å². The fraction of sp³-hybridized carbons (Fsp3) is 0.500. The van der Waals surface area contributed by atoms with Crippen molar-refractivity contribution < 1.29 is 0 Å². The van der Waals surface area contributed by atoms with Crippen LogP contribution in [0.4, 0.5) is 5.82 Å². The van der Waals surface area contributed by atoms with E-state index in [1.165, 1.54) is 37.1 Å². The van der Waals surface area contributed by atoms with Gasteiger partial charge in [0.05, 0.1) is 5.69 Å². The van der Waals surface area contributed by atoms with Crippen LogP contribution in [0.5, 0.6) is 0 Å². The van der Waals surface area contributed by atoms with E-state index >= 15 is 0 Å². The Kier molecular flexibility index (Phi) is 4.39. The van der Waals surface area contributed by atoms with E-state index < -0.39 is 0 Å². The van der Waals surface area contributed by atoms with Crippen LogP contribution in [0, 0.1) is 24.2 Å². The van der Waals surface area contributed by atoms with Crippen LogP contribution in [-0.2, 0) is 0 Å². The average Bonchev–Trinajstić information content (AvgIpc) is 3.02. The minimum atomic E-state index is 0.423. The molecule has 5 heteroatoms. The molecule has 0 spiro atoms. The monoisotopic (exact) mass is 389 g/mol. The topological polar surface area (TPSA) is 56.8 Å². The van der Waals surface area contributed by atoms with Gasteiger partial charge >= 0.3 is 0 Å². The zero-order chi connectivity index (χ0) is 20.2. The molecule has 2 N–H and O–H groups in total. The summed E-state index contributed by atoms with van der Waals surface area (Å²) in [5.74, 6) is 2.44. The van der Waals surface area contributed by atoms with Crippen LogP contribution >= 0.6 is 0 Å². The van der Waals surface area contributed by atoms with Crippen LogP contribution in [0.15, 0.2) is 36.4 Å². The average molecular weight is 390 g/mol. The lowest BCUT2D eigenvalue weighted by Crippen LogP contribution is -2.30. The Labute approximate surface area is 172 Å². The van der Waals surface area contributed by atoms with E-state index in [-0.39, 0.29) is 0 Å². The number of likely N-dealkylation sites (tertiary alicyclic amines) is 1. The van der Waals surface area contributed by atoms with Crippen molar-refractivity contribution in [2.75, 3.05) is 25.0 Å². The molecule has 2 aliphatic rings. The number of hydrogen-bond donors (Lipinski definition) is 2. The first-order valence-corrected chi connectivity index (χ1v) is 10.8. The summed E-state index contributed by atoms with van der Waals surface area (Å²) in [6.45, 7) is 12.7. The number of fused-ring (bicyclic) bond motifs is 2. The lowest BCUT2D eigenvalue weighted by molar-refractivity contribution is 0.245. The number of benzene rings is 1. The molecule has 0 bridgehead atoms. The third-order valence-corrected chi connectivity index (χ3v) is 6.48. The highest BCUT2D eigenvalue weighted by atomic mass is 15.2. The summed E-state index contributed by atoms with van der Waals surface area (Å²) in [5.41, 5.74) is 4.78. The maximum Gasteiger partial charge on any atom is 0.148 e. The second-order valence-corrected chi connectivity index (χ2v) is 10.1. The number of H-pyrrole nitrogens is 1. The van der Waals surface area contributed by atoms with Gasteiger partial charge in [0, 0.05) is 41.3 Å². The molecule has 1 unspecified atom stereocenters. The summed E-state index contributed by atoms with van der Waals surface area (Å²) < 4.78 is 0. The Bertz CT molecular complexity index is 1000. The molecule has 0 amide bonds. The zero-order valence-electron chi connectivity index (χ0n) is 17.9. The second kappa shape index (κ2) is 6.84. The lowest BCUT2D eigenvalue weighted by Gasteiger charge is -2.25. The highest BCUT2D eigenvalue weighted by molar-refractivity contribution is 5.85. The van der Waals surface area contributed by atoms with E-state index in [1.54, 1.807) is 0 Å². The smallest absolute Gasteiger partial charge is 0.148 e. The summed E-state index contributed by atoms with van der Waals surface area (Å²) in [6.07, 6.45) is 1.27.